The van der Waals surface area contributed by atoms with Crippen molar-refractivity contribution < 1.29 is 9.53 Å². The summed E-state index contributed by atoms with van der Waals surface area (Å²) < 4.78 is 4.63. The maximum atomic E-state index is 11.4. The van der Waals surface area contributed by atoms with Crippen molar-refractivity contribution in [1.82, 2.24) is 15.3 Å². The van der Waals surface area contributed by atoms with Crippen LogP contribution in [-0.2, 0) is 4.74 Å². The topological polar surface area (TPSA) is 67.4 Å². The zero-order valence-corrected chi connectivity index (χ0v) is 11.4. The molecule has 0 fully saturated rings. The van der Waals surface area contributed by atoms with E-state index in [1.807, 2.05) is 32.0 Å². The molecule has 0 spiro atoms. The number of ether oxygens (including phenoxy) is 1. The molecule has 1 N–H and O–H groups in total. The number of carbonyl (C=O) groups is 1. The third-order valence-electron chi connectivity index (χ3n) is 2.52. The number of nitrogens with zero attached hydrogens (tertiary/aromatic N) is 3. The molecule has 6 nitrogen and oxygen atoms in total. The van der Waals surface area contributed by atoms with Gasteiger partial charge in [0.05, 0.1) is 7.11 Å². The van der Waals surface area contributed by atoms with Gasteiger partial charge in [0.2, 0.25) is 5.82 Å². The van der Waals surface area contributed by atoms with Gasteiger partial charge in [-0.05, 0) is 26.9 Å². The highest BCUT2D eigenvalue weighted by molar-refractivity contribution is 5.85. The van der Waals surface area contributed by atoms with Crippen LogP contribution in [-0.4, -0.2) is 50.2 Å². The van der Waals surface area contributed by atoms with E-state index >= 15 is 0 Å². The molecule has 1 aromatic heterocycles. The van der Waals surface area contributed by atoms with Crippen molar-refractivity contribution in [1.29, 1.82) is 0 Å². The van der Waals surface area contributed by atoms with Crippen molar-refractivity contribution in [3.05, 3.63) is 17.6 Å². The molecule has 0 aliphatic carbocycles. The second-order valence-electron chi connectivity index (χ2n) is 4.06. The second kappa shape index (κ2) is 6.90. The Balaban J connectivity index is 2.81. The summed E-state index contributed by atoms with van der Waals surface area (Å²) in [6.45, 7) is 3.63. The van der Waals surface area contributed by atoms with Crippen molar-refractivity contribution in [2.24, 2.45) is 0 Å². The van der Waals surface area contributed by atoms with Crippen LogP contribution in [0, 0.1) is 6.92 Å². The van der Waals surface area contributed by atoms with E-state index in [9.17, 15) is 4.79 Å². The van der Waals surface area contributed by atoms with Crippen LogP contribution in [0.2, 0.25) is 0 Å². The summed E-state index contributed by atoms with van der Waals surface area (Å²) in [5, 5.41) is 3.09. The maximum absolute atomic E-state index is 11.4. The number of aromatic nitrogens is 2. The van der Waals surface area contributed by atoms with E-state index in [0.717, 1.165) is 31.0 Å². The highest BCUT2D eigenvalue weighted by Gasteiger charge is 2.13. The molecule has 0 amide bonds. The predicted octanol–water partition coefficient (Wildman–Crippen LogP) is 0.617. The molecule has 1 heterocycles. The molecule has 0 bridgehead atoms. The van der Waals surface area contributed by atoms with Crippen molar-refractivity contribution in [2.45, 2.75) is 13.3 Å². The number of carbonyl (C=O) groups excluding carboxylic acids is 1. The Morgan fingerprint density at radius 2 is 2.22 bits per heavy atom. The van der Waals surface area contributed by atoms with E-state index < -0.39 is 5.97 Å². The van der Waals surface area contributed by atoms with E-state index in [1.165, 1.54) is 7.11 Å². The number of anilines is 1. The summed E-state index contributed by atoms with van der Waals surface area (Å²) in [6, 6.07) is 1.85. The molecule has 0 aromatic carbocycles. The Hall–Kier alpha value is -1.69. The van der Waals surface area contributed by atoms with Crippen LogP contribution in [0.1, 0.15) is 22.7 Å². The predicted molar refractivity (Wildman–Crippen MR) is 69.9 cm³/mol. The molecule has 0 aliphatic rings. The van der Waals surface area contributed by atoms with E-state index in [0.29, 0.717) is 0 Å². The molecule has 18 heavy (non-hydrogen) atoms. The molecule has 0 saturated carbocycles. The minimum atomic E-state index is -0.511. The van der Waals surface area contributed by atoms with E-state index in [4.69, 9.17) is 0 Å². The van der Waals surface area contributed by atoms with Gasteiger partial charge in [0.15, 0.2) is 0 Å². The maximum Gasteiger partial charge on any atom is 0.376 e. The van der Waals surface area contributed by atoms with Crippen LogP contribution >= 0.6 is 0 Å². The Kier molecular flexibility index (Phi) is 5.51. The van der Waals surface area contributed by atoms with Crippen LogP contribution in [0.3, 0.4) is 0 Å². The molecule has 1 rings (SSSR count). The molecule has 1 aromatic rings. The molecule has 6 heteroatoms. The van der Waals surface area contributed by atoms with Crippen molar-refractivity contribution in [3.63, 3.8) is 0 Å². The number of hydrogen-bond acceptors (Lipinski definition) is 6. The van der Waals surface area contributed by atoms with Gasteiger partial charge in [-0.3, -0.25) is 0 Å². The Labute approximate surface area is 107 Å². The van der Waals surface area contributed by atoms with Gasteiger partial charge in [0.1, 0.15) is 5.82 Å². The van der Waals surface area contributed by atoms with E-state index in [2.05, 4.69) is 20.0 Å². The van der Waals surface area contributed by atoms with Gasteiger partial charge in [-0.25, -0.2) is 14.8 Å². The summed E-state index contributed by atoms with van der Waals surface area (Å²) in [4.78, 5) is 21.7. The van der Waals surface area contributed by atoms with Gasteiger partial charge < -0.3 is 15.0 Å². The Morgan fingerprint density at radius 1 is 1.50 bits per heavy atom. The number of aryl methyl sites for hydroxylation is 1. The monoisotopic (exact) mass is 252 g/mol. The SMILES string of the molecule is CNCCCN(C)c1cc(C)nc(C(=O)OC)n1. The first-order valence-corrected chi connectivity index (χ1v) is 5.88. The van der Waals surface area contributed by atoms with Gasteiger partial charge in [-0.1, -0.05) is 0 Å². The van der Waals surface area contributed by atoms with Gasteiger partial charge in [0, 0.05) is 25.4 Å². The first-order chi connectivity index (χ1) is 8.58. The van der Waals surface area contributed by atoms with Crippen LogP contribution in [0.4, 0.5) is 5.82 Å². The van der Waals surface area contributed by atoms with Crippen molar-refractivity contribution in [3.8, 4) is 0 Å². The lowest BCUT2D eigenvalue weighted by Gasteiger charge is -2.18. The summed E-state index contributed by atoms with van der Waals surface area (Å²) in [5.74, 6) is 0.329. The molecule has 0 radical (unpaired) electrons. The zero-order chi connectivity index (χ0) is 13.5. The van der Waals surface area contributed by atoms with Crippen molar-refractivity contribution in [2.75, 3.05) is 39.2 Å². The molecule has 0 saturated heterocycles. The number of rotatable bonds is 6. The average molecular weight is 252 g/mol. The largest absolute Gasteiger partial charge is 0.463 e. The fourth-order valence-corrected chi connectivity index (χ4v) is 1.54. The minimum absolute atomic E-state index is 0.105. The lowest BCUT2D eigenvalue weighted by atomic mass is 10.3. The molecule has 0 atom stereocenters. The van der Waals surface area contributed by atoms with Gasteiger partial charge in [-0.2, -0.15) is 0 Å². The van der Waals surface area contributed by atoms with E-state index in [1.54, 1.807) is 0 Å². The van der Waals surface area contributed by atoms with Gasteiger partial charge in [-0.15, -0.1) is 0 Å². The van der Waals surface area contributed by atoms with Crippen LogP contribution in [0.25, 0.3) is 0 Å². The zero-order valence-electron chi connectivity index (χ0n) is 11.4. The van der Waals surface area contributed by atoms with E-state index in [-0.39, 0.29) is 5.82 Å². The van der Waals surface area contributed by atoms with Crippen LogP contribution in [0.5, 0.6) is 0 Å². The number of esters is 1. The Morgan fingerprint density at radius 3 is 2.83 bits per heavy atom. The normalized spacial score (nSPS) is 10.2. The lowest BCUT2D eigenvalue weighted by Crippen LogP contribution is -2.24. The van der Waals surface area contributed by atoms with Crippen LogP contribution < -0.4 is 10.2 Å². The summed E-state index contributed by atoms with van der Waals surface area (Å²) in [7, 11) is 5.19. The third-order valence-corrected chi connectivity index (χ3v) is 2.52. The smallest absolute Gasteiger partial charge is 0.376 e. The summed E-state index contributed by atoms with van der Waals surface area (Å²) >= 11 is 0. The quantitative estimate of drug-likeness (QED) is 0.591. The first kappa shape index (κ1) is 14.4. The molecule has 0 unspecified atom stereocenters. The van der Waals surface area contributed by atoms with Gasteiger partial charge in [0.25, 0.3) is 0 Å². The lowest BCUT2D eigenvalue weighted by molar-refractivity contribution is 0.0586. The third kappa shape index (κ3) is 3.96. The fourth-order valence-electron chi connectivity index (χ4n) is 1.54. The first-order valence-electron chi connectivity index (χ1n) is 5.88. The molecule has 0 aliphatic heterocycles. The number of hydrogen-bond donors (Lipinski definition) is 1. The second-order valence-corrected chi connectivity index (χ2v) is 4.06. The highest BCUT2D eigenvalue weighted by Crippen LogP contribution is 2.11. The Bertz CT molecular complexity index is 409. The number of nitrogens with one attached hydrogen (secondary N) is 1. The summed E-state index contributed by atoms with van der Waals surface area (Å²) in [6.07, 6.45) is 1.00. The van der Waals surface area contributed by atoms with Crippen LogP contribution in [0.15, 0.2) is 6.07 Å². The summed E-state index contributed by atoms with van der Waals surface area (Å²) in [5.41, 5.74) is 0.751. The molecular formula is C12H20N4O2. The molecular weight excluding hydrogens is 232 g/mol. The van der Waals surface area contributed by atoms with Crippen molar-refractivity contribution >= 4 is 11.8 Å². The average Bonchev–Trinajstić information content (AvgIpc) is 2.37. The standard InChI is InChI=1S/C12H20N4O2/c1-9-8-10(16(3)7-5-6-13-2)15-11(14-9)12(17)18-4/h8,13H,5-7H2,1-4H3. The molecule has 100 valence electrons. The fraction of sp³-hybridized carbons (Fsp3) is 0.583. The number of methoxy groups -OCH3 is 1. The van der Waals surface area contributed by atoms with Gasteiger partial charge >= 0.3 is 5.97 Å². The minimum Gasteiger partial charge on any atom is -0.463 e. The highest BCUT2D eigenvalue weighted by atomic mass is 16.5.